The molecule has 0 amide bonds. The molecule has 1 N–H and O–H groups in total. The van der Waals surface area contributed by atoms with Gasteiger partial charge in [-0.2, -0.15) is 18.7 Å². The minimum atomic E-state index is -4.34. The molecule has 0 heterocycles. The Labute approximate surface area is 105 Å². The fourth-order valence-electron chi connectivity index (χ4n) is 1.54. The van der Waals surface area contributed by atoms with Gasteiger partial charge in [0.05, 0.1) is 18.2 Å². The summed E-state index contributed by atoms with van der Waals surface area (Å²) in [6, 6.07) is 5.00. The van der Waals surface area contributed by atoms with E-state index in [4.69, 9.17) is 4.84 Å². The van der Waals surface area contributed by atoms with E-state index in [0.29, 0.717) is 12.5 Å². The lowest BCUT2D eigenvalue weighted by Crippen LogP contribution is -2.24. The number of alkyl halides is 3. The van der Waals surface area contributed by atoms with E-state index in [0.717, 1.165) is 6.07 Å². The van der Waals surface area contributed by atoms with Crippen LogP contribution in [0.3, 0.4) is 0 Å². The van der Waals surface area contributed by atoms with E-state index >= 15 is 0 Å². The Kier molecular flexibility index (Phi) is 5.16. The molecule has 0 saturated heterocycles. The van der Waals surface area contributed by atoms with Gasteiger partial charge in [0.15, 0.2) is 0 Å². The molecule has 5 heteroatoms. The van der Waals surface area contributed by atoms with E-state index in [9.17, 15) is 13.2 Å². The Balaban J connectivity index is 2.76. The van der Waals surface area contributed by atoms with E-state index in [1.807, 2.05) is 13.8 Å². The molecule has 1 rings (SSSR count). The first-order chi connectivity index (χ1) is 8.32. The molecule has 1 unspecified atom stereocenters. The molecular formula is C13H18F3NO. The van der Waals surface area contributed by atoms with E-state index < -0.39 is 17.8 Å². The first-order valence-corrected chi connectivity index (χ1v) is 5.85. The van der Waals surface area contributed by atoms with Gasteiger partial charge in [-0.05, 0) is 24.5 Å². The average molecular weight is 261 g/mol. The van der Waals surface area contributed by atoms with E-state index in [2.05, 4.69) is 5.48 Å². The lowest BCUT2D eigenvalue weighted by atomic mass is 10.0. The van der Waals surface area contributed by atoms with Crippen LogP contribution >= 0.6 is 0 Å². The van der Waals surface area contributed by atoms with Crippen molar-refractivity contribution in [3.63, 3.8) is 0 Å². The molecule has 2 nitrogen and oxygen atoms in total. The minimum absolute atomic E-state index is 0.189. The minimum Gasteiger partial charge on any atom is -0.301 e. The largest absolute Gasteiger partial charge is 0.416 e. The summed E-state index contributed by atoms with van der Waals surface area (Å²) in [4.78, 5) is 5.16. The highest BCUT2D eigenvalue weighted by Gasteiger charge is 2.34. The monoisotopic (exact) mass is 261 g/mol. The molecule has 0 spiro atoms. The van der Waals surface area contributed by atoms with Crippen molar-refractivity contribution in [1.82, 2.24) is 5.48 Å². The van der Waals surface area contributed by atoms with Crippen LogP contribution in [0.25, 0.3) is 0 Å². The van der Waals surface area contributed by atoms with Crippen LogP contribution < -0.4 is 5.48 Å². The summed E-state index contributed by atoms with van der Waals surface area (Å²) in [6.07, 6.45) is -4.34. The fraction of sp³-hybridized carbons (Fsp3) is 0.538. The molecule has 0 radical (unpaired) electrons. The Morgan fingerprint density at radius 2 is 1.78 bits per heavy atom. The Hall–Kier alpha value is -1.07. The SMILES string of the molecule is CC(C)CONC(C)c1ccccc1C(F)(F)F. The molecule has 0 aliphatic heterocycles. The number of hydrogen-bond donors (Lipinski definition) is 1. The highest BCUT2D eigenvalue weighted by Crippen LogP contribution is 2.34. The Morgan fingerprint density at radius 3 is 2.33 bits per heavy atom. The van der Waals surface area contributed by atoms with Gasteiger partial charge in [-0.3, -0.25) is 0 Å². The first kappa shape index (κ1) is 15.0. The second-order valence-corrected chi connectivity index (χ2v) is 4.63. The molecular weight excluding hydrogens is 243 g/mol. The summed E-state index contributed by atoms with van der Waals surface area (Å²) in [6.45, 7) is 6.04. The van der Waals surface area contributed by atoms with Gasteiger partial charge in [-0.1, -0.05) is 32.0 Å². The van der Waals surface area contributed by atoms with Gasteiger partial charge < -0.3 is 4.84 Å². The predicted octanol–water partition coefficient (Wildman–Crippen LogP) is 3.94. The van der Waals surface area contributed by atoms with Crippen molar-refractivity contribution in [2.45, 2.75) is 33.0 Å². The predicted molar refractivity (Wildman–Crippen MR) is 63.8 cm³/mol. The molecule has 0 fully saturated rings. The molecule has 102 valence electrons. The Morgan fingerprint density at radius 1 is 1.17 bits per heavy atom. The zero-order valence-electron chi connectivity index (χ0n) is 10.7. The molecule has 0 aromatic heterocycles. The van der Waals surface area contributed by atoms with Gasteiger partial charge >= 0.3 is 6.18 Å². The third kappa shape index (κ3) is 4.31. The fourth-order valence-corrected chi connectivity index (χ4v) is 1.54. The molecule has 0 aliphatic carbocycles. The van der Waals surface area contributed by atoms with Gasteiger partial charge in [0, 0.05) is 0 Å². The number of halogens is 3. The number of rotatable bonds is 5. The van der Waals surface area contributed by atoms with Crippen molar-refractivity contribution >= 4 is 0 Å². The Bertz CT molecular complexity index is 377. The van der Waals surface area contributed by atoms with Crippen LogP contribution in [0.15, 0.2) is 24.3 Å². The second kappa shape index (κ2) is 6.20. The number of benzene rings is 1. The van der Waals surface area contributed by atoms with Gasteiger partial charge in [-0.25, -0.2) is 0 Å². The average Bonchev–Trinajstić information content (AvgIpc) is 2.27. The summed E-state index contributed by atoms with van der Waals surface area (Å²) < 4.78 is 38.4. The van der Waals surface area contributed by atoms with Crippen molar-refractivity contribution in [2.24, 2.45) is 5.92 Å². The van der Waals surface area contributed by atoms with E-state index in [-0.39, 0.29) is 5.56 Å². The quantitative estimate of drug-likeness (QED) is 0.810. The number of nitrogens with one attached hydrogen (secondary N) is 1. The summed E-state index contributed by atoms with van der Waals surface area (Å²) in [5.41, 5.74) is 2.20. The van der Waals surface area contributed by atoms with Crippen LogP contribution in [-0.4, -0.2) is 6.61 Å². The van der Waals surface area contributed by atoms with Crippen LogP contribution in [0.5, 0.6) is 0 Å². The van der Waals surface area contributed by atoms with Gasteiger partial charge in [-0.15, -0.1) is 0 Å². The number of hydrogen-bond acceptors (Lipinski definition) is 2. The highest BCUT2D eigenvalue weighted by molar-refractivity contribution is 5.31. The van der Waals surface area contributed by atoms with Crippen LogP contribution in [0.4, 0.5) is 13.2 Å². The molecule has 18 heavy (non-hydrogen) atoms. The lowest BCUT2D eigenvalue weighted by Gasteiger charge is -2.19. The lowest BCUT2D eigenvalue weighted by molar-refractivity contribution is -0.138. The molecule has 0 saturated carbocycles. The molecule has 0 aliphatic rings. The van der Waals surface area contributed by atoms with Crippen molar-refractivity contribution in [1.29, 1.82) is 0 Å². The van der Waals surface area contributed by atoms with Gasteiger partial charge in [0.25, 0.3) is 0 Å². The summed E-state index contributed by atoms with van der Waals surface area (Å²) in [5, 5.41) is 0. The van der Waals surface area contributed by atoms with Gasteiger partial charge in [0.1, 0.15) is 0 Å². The first-order valence-electron chi connectivity index (χ1n) is 5.85. The van der Waals surface area contributed by atoms with Crippen LogP contribution in [0, 0.1) is 5.92 Å². The standard InChI is InChI=1S/C13H18F3NO/c1-9(2)8-18-17-10(3)11-6-4-5-7-12(11)13(14,15)16/h4-7,9-10,17H,8H2,1-3H3. The van der Waals surface area contributed by atoms with Crippen molar-refractivity contribution < 1.29 is 18.0 Å². The highest BCUT2D eigenvalue weighted by atomic mass is 19.4. The molecule has 1 aromatic carbocycles. The zero-order chi connectivity index (χ0) is 13.8. The topological polar surface area (TPSA) is 21.3 Å². The van der Waals surface area contributed by atoms with Crippen molar-refractivity contribution in [3.8, 4) is 0 Å². The molecule has 0 bridgehead atoms. The summed E-state index contributed by atoms with van der Waals surface area (Å²) >= 11 is 0. The smallest absolute Gasteiger partial charge is 0.301 e. The second-order valence-electron chi connectivity index (χ2n) is 4.63. The maximum atomic E-state index is 12.8. The number of hydroxylamine groups is 1. The summed E-state index contributed by atoms with van der Waals surface area (Å²) in [7, 11) is 0. The third-order valence-electron chi connectivity index (χ3n) is 2.41. The van der Waals surface area contributed by atoms with Crippen molar-refractivity contribution in [3.05, 3.63) is 35.4 Å². The van der Waals surface area contributed by atoms with Crippen molar-refractivity contribution in [2.75, 3.05) is 6.61 Å². The van der Waals surface area contributed by atoms with Gasteiger partial charge in [0.2, 0.25) is 0 Å². The van der Waals surface area contributed by atoms with Crippen LogP contribution in [-0.2, 0) is 11.0 Å². The van der Waals surface area contributed by atoms with E-state index in [1.54, 1.807) is 13.0 Å². The molecule has 1 atom stereocenters. The third-order valence-corrected chi connectivity index (χ3v) is 2.41. The van der Waals surface area contributed by atoms with Crippen LogP contribution in [0.1, 0.15) is 37.9 Å². The maximum absolute atomic E-state index is 12.8. The normalized spacial score (nSPS) is 13.9. The molecule has 1 aromatic rings. The maximum Gasteiger partial charge on any atom is 0.416 e. The zero-order valence-corrected chi connectivity index (χ0v) is 10.7. The summed E-state index contributed by atoms with van der Waals surface area (Å²) in [5.74, 6) is 0.322. The van der Waals surface area contributed by atoms with Crippen LogP contribution in [0.2, 0.25) is 0 Å². The van der Waals surface area contributed by atoms with E-state index in [1.165, 1.54) is 12.1 Å².